The third-order valence-electron chi connectivity index (χ3n) is 6.52. The molecule has 164 valence electrons. The van der Waals surface area contributed by atoms with E-state index in [0.29, 0.717) is 26.0 Å². The summed E-state index contributed by atoms with van der Waals surface area (Å²) in [6, 6.07) is 6.08. The number of benzene rings is 1. The zero-order valence-corrected chi connectivity index (χ0v) is 17.7. The molecule has 1 aromatic rings. The number of hydrogen-bond donors (Lipinski definition) is 3. The molecule has 8 nitrogen and oxygen atoms in total. The first kappa shape index (κ1) is 20.9. The van der Waals surface area contributed by atoms with E-state index in [4.69, 9.17) is 4.74 Å². The molecular weight excluding hydrogens is 386 g/mol. The van der Waals surface area contributed by atoms with Gasteiger partial charge < -0.3 is 20.3 Å². The van der Waals surface area contributed by atoms with Gasteiger partial charge in [0.25, 0.3) is 0 Å². The Morgan fingerprint density at radius 3 is 2.63 bits per heavy atom. The van der Waals surface area contributed by atoms with Gasteiger partial charge >= 0.3 is 6.09 Å². The van der Waals surface area contributed by atoms with E-state index in [9.17, 15) is 19.8 Å². The number of aliphatic hydroxyl groups excluding tert-OH is 1. The van der Waals surface area contributed by atoms with Crippen LogP contribution in [0, 0.1) is 5.41 Å². The predicted octanol–water partition coefficient (Wildman–Crippen LogP) is 1.84. The number of aliphatic hydroxyl groups is 1. The van der Waals surface area contributed by atoms with Crippen LogP contribution >= 0.6 is 0 Å². The lowest BCUT2D eigenvalue weighted by atomic mass is 9.78. The maximum absolute atomic E-state index is 13.4. The number of para-hydroxylation sites is 1. The van der Waals surface area contributed by atoms with Crippen LogP contribution in [0.4, 0.5) is 4.79 Å². The van der Waals surface area contributed by atoms with E-state index < -0.39 is 24.3 Å². The van der Waals surface area contributed by atoms with Crippen LogP contribution in [0.15, 0.2) is 24.3 Å². The molecule has 0 spiro atoms. The van der Waals surface area contributed by atoms with Crippen LogP contribution in [0.25, 0.3) is 0 Å². The number of carboxylic acid groups (broad SMARTS) is 1. The van der Waals surface area contributed by atoms with E-state index in [1.54, 1.807) is 0 Å². The summed E-state index contributed by atoms with van der Waals surface area (Å²) in [7, 11) is 0. The van der Waals surface area contributed by atoms with E-state index in [1.165, 1.54) is 4.90 Å². The normalized spacial score (nSPS) is 31.5. The maximum Gasteiger partial charge on any atom is 0.408 e. The van der Waals surface area contributed by atoms with Gasteiger partial charge in [0, 0.05) is 31.1 Å². The van der Waals surface area contributed by atoms with Gasteiger partial charge in [-0.05, 0) is 17.9 Å². The highest BCUT2D eigenvalue weighted by molar-refractivity contribution is 5.86. The third kappa shape index (κ3) is 3.74. The van der Waals surface area contributed by atoms with Crippen molar-refractivity contribution in [3.05, 3.63) is 29.8 Å². The zero-order chi connectivity index (χ0) is 21.6. The number of nitrogens with one attached hydrogen (secondary N) is 1. The minimum Gasteiger partial charge on any atom is -0.493 e. The van der Waals surface area contributed by atoms with Gasteiger partial charge in [-0.25, -0.2) is 4.79 Å². The van der Waals surface area contributed by atoms with Crippen LogP contribution < -0.4 is 10.1 Å². The quantitative estimate of drug-likeness (QED) is 0.679. The molecule has 0 bridgehead atoms. The topological polar surface area (TPSA) is 102 Å². The van der Waals surface area contributed by atoms with E-state index in [2.05, 4.69) is 10.2 Å². The second-order valence-corrected chi connectivity index (χ2v) is 9.66. The Labute approximate surface area is 176 Å². The SMILES string of the molecule is CC(C)(C)C1[C@H]2C[C@@H](O)CN2C[C@@H](C(=O)N[C@@H]2CCOc3ccccc32)N1C(=O)O. The van der Waals surface area contributed by atoms with Gasteiger partial charge in [-0.3, -0.25) is 14.6 Å². The van der Waals surface area contributed by atoms with Crippen molar-refractivity contribution < 1.29 is 24.5 Å². The summed E-state index contributed by atoms with van der Waals surface area (Å²) in [6.07, 6.45) is -0.438. The van der Waals surface area contributed by atoms with Gasteiger partial charge in [0.2, 0.25) is 5.91 Å². The number of rotatable bonds is 2. The van der Waals surface area contributed by atoms with Crippen LogP contribution in [-0.2, 0) is 4.79 Å². The summed E-state index contributed by atoms with van der Waals surface area (Å²) in [5.41, 5.74) is 0.534. The molecule has 0 radical (unpaired) electrons. The van der Waals surface area contributed by atoms with Crippen LogP contribution in [0.2, 0.25) is 0 Å². The van der Waals surface area contributed by atoms with E-state index in [-0.39, 0.29) is 30.0 Å². The molecule has 3 heterocycles. The largest absolute Gasteiger partial charge is 0.493 e. The second-order valence-electron chi connectivity index (χ2n) is 9.66. The zero-order valence-electron chi connectivity index (χ0n) is 17.7. The van der Waals surface area contributed by atoms with Gasteiger partial charge in [0.15, 0.2) is 0 Å². The van der Waals surface area contributed by atoms with Crippen molar-refractivity contribution in [1.82, 2.24) is 15.1 Å². The molecule has 8 heteroatoms. The summed E-state index contributed by atoms with van der Waals surface area (Å²) in [5.74, 6) is 0.455. The molecule has 0 aliphatic carbocycles. The second kappa shape index (κ2) is 7.74. The van der Waals surface area contributed by atoms with Crippen molar-refractivity contribution in [3.63, 3.8) is 0 Å². The average Bonchev–Trinajstić information content (AvgIpc) is 3.05. The number of carbonyl (C=O) groups excluding carboxylic acids is 1. The fraction of sp³-hybridized carbons (Fsp3) is 0.636. The van der Waals surface area contributed by atoms with Crippen molar-refractivity contribution in [2.24, 2.45) is 5.41 Å². The first-order valence-electron chi connectivity index (χ1n) is 10.6. The van der Waals surface area contributed by atoms with Crippen LogP contribution in [0.1, 0.15) is 45.2 Å². The predicted molar refractivity (Wildman–Crippen MR) is 110 cm³/mol. The summed E-state index contributed by atoms with van der Waals surface area (Å²) in [5, 5.41) is 23.4. The molecule has 3 aliphatic heterocycles. The lowest BCUT2D eigenvalue weighted by Gasteiger charge is -2.52. The summed E-state index contributed by atoms with van der Waals surface area (Å²) < 4.78 is 5.68. The maximum atomic E-state index is 13.4. The molecule has 5 atom stereocenters. The Kier molecular flexibility index (Phi) is 5.40. The molecule has 1 unspecified atom stereocenters. The fourth-order valence-electron chi connectivity index (χ4n) is 5.35. The number of ether oxygens (including phenoxy) is 1. The average molecular weight is 418 g/mol. The van der Waals surface area contributed by atoms with E-state index in [1.807, 2.05) is 45.0 Å². The molecule has 3 N–H and O–H groups in total. The molecule has 0 aromatic heterocycles. The van der Waals surface area contributed by atoms with E-state index in [0.717, 1.165) is 11.3 Å². The Bertz CT molecular complexity index is 823. The van der Waals surface area contributed by atoms with Crippen molar-refractivity contribution in [1.29, 1.82) is 0 Å². The molecule has 30 heavy (non-hydrogen) atoms. The minimum absolute atomic E-state index is 0.0936. The highest BCUT2D eigenvalue weighted by Crippen LogP contribution is 2.39. The number of carbonyl (C=O) groups is 2. The minimum atomic E-state index is -1.09. The Balaban J connectivity index is 1.62. The summed E-state index contributed by atoms with van der Waals surface area (Å²) in [6.45, 7) is 7.23. The number of amides is 2. The van der Waals surface area contributed by atoms with Gasteiger partial charge in [-0.15, -0.1) is 0 Å². The monoisotopic (exact) mass is 417 g/mol. The van der Waals surface area contributed by atoms with Crippen LogP contribution in [0.3, 0.4) is 0 Å². The lowest BCUT2D eigenvalue weighted by molar-refractivity contribution is -0.134. The first-order chi connectivity index (χ1) is 14.2. The Morgan fingerprint density at radius 1 is 1.20 bits per heavy atom. The van der Waals surface area contributed by atoms with Gasteiger partial charge in [-0.1, -0.05) is 39.0 Å². The van der Waals surface area contributed by atoms with Crippen molar-refractivity contribution in [3.8, 4) is 5.75 Å². The first-order valence-corrected chi connectivity index (χ1v) is 10.6. The van der Waals surface area contributed by atoms with Gasteiger partial charge in [0.1, 0.15) is 11.8 Å². The van der Waals surface area contributed by atoms with Crippen molar-refractivity contribution >= 4 is 12.0 Å². The third-order valence-corrected chi connectivity index (χ3v) is 6.52. The fourth-order valence-corrected chi connectivity index (χ4v) is 5.35. The summed E-state index contributed by atoms with van der Waals surface area (Å²) in [4.78, 5) is 29.1. The highest BCUT2D eigenvalue weighted by Gasteiger charge is 2.54. The summed E-state index contributed by atoms with van der Waals surface area (Å²) >= 11 is 0. The lowest BCUT2D eigenvalue weighted by Crippen LogP contribution is -2.70. The number of hydrogen-bond acceptors (Lipinski definition) is 5. The molecule has 4 rings (SSSR count). The molecular formula is C22H31N3O5. The molecule has 2 fully saturated rings. The van der Waals surface area contributed by atoms with Gasteiger partial charge in [-0.2, -0.15) is 0 Å². The number of nitrogens with zero attached hydrogens (tertiary/aromatic N) is 2. The number of piperazine rings is 1. The van der Waals surface area contributed by atoms with Crippen LogP contribution in [0.5, 0.6) is 5.75 Å². The molecule has 2 amide bonds. The van der Waals surface area contributed by atoms with Crippen molar-refractivity contribution in [2.75, 3.05) is 19.7 Å². The number of fused-ring (bicyclic) bond motifs is 2. The Hall–Kier alpha value is -2.32. The molecule has 1 aromatic carbocycles. The Morgan fingerprint density at radius 2 is 1.93 bits per heavy atom. The molecule has 3 aliphatic rings. The van der Waals surface area contributed by atoms with Crippen LogP contribution in [-0.4, -0.2) is 75.9 Å². The van der Waals surface area contributed by atoms with Crippen molar-refractivity contribution in [2.45, 2.75) is 63.9 Å². The smallest absolute Gasteiger partial charge is 0.408 e. The standard InChI is InChI=1S/C22H31N3O5/c1-22(2,3)19-16-10-13(26)11-24(16)12-17(25(19)21(28)29)20(27)23-15-8-9-30-18-7-5-4-6-14(15)18/h4-7,13,15-17,19,26H,8-12H2,1-3H3,(H,23,27)(H,28,29)/t13-,15-,16-,17+,19?/m1/s1. The molecule has 0 saturated carbocycles. The molecule has 2 saturated heterocycles. The van der Waals surface area contributed by atoms with Gasteiger partial charge in [0.05, 0.1) is 24.8 Å². The highest BCUT2D eigenvalue weighted by atomic mass is 16.5. The van der Waals surface area contributed by atoms with E-state index >= 15 is 0 Å².